The van der Waals surface area contributed by atoms with Gasteiger partial charge in [-0.05, 0) is 65.6 Å². The molecule has 1 fully saturated rings. The van der Waals surface area contributed by atoms with Gasteiger partial charge in [0.25, 0.3) is 0 Å². The van der Waals surface area contributed by atoms with E-state index in [1.54, 1.807) is 18.8 Å². The zero-order valence-electron chi connectivity index (χ0n) is 20.9. The second-order valence-corrected chi connectivity index (χ2v) is 11.5. The van der Waals surface area contributed by atoms with Crippen LogP contribution in [-0.4, -0.2) is 58.5 Å². The number of hydrogen-bond donors (Lipinski definition) is 1. The topological polar surface area (TPSA) is 78.5 Å². The monoisotopic (exact) mass is 618 g/mol. The Bertz CT molecular complexity index is 1220. The number of nitrogens with one attached hydrogen (secondary N) is 1. The fourth-order valence-electron chi connectivity index (χ4n) is 4.66. The van der Waals surface area contributed by atoms with E-state index in [0.29, 0.717) is 6.54 Å². The Morgan fingerprint density at radius 1 is 1.22 bits per heavy atom. The number of halogens is 1. The van der Waals surface area contributed by atoms with E-state index in [9.17, 15) is 9.59 Å². The molecule has 1 aliphatic rings. The first kappa shape index (κ1) is 26.5. The number of H-pyrrole nitrogens is 1. The second kappa shape index (κ2) is 11.7. The lowest BCUT2D eigenvalue weighted by Gasteiger charge is -2.34. The third-order valence-corrected chi connectivity index (χ3v) is 8.80. The number of likely N-dealkylation sites (tertiary alicyclic amines) is 1. The number of aromatic amines is 1. The molecule has 2 atom stereocenters. The van der Waals surface area contributed by atoms with Gasteiger partial charge in [-0.2, -0.15) is 0 Å². The fourth-order valence-corrected chi connectivity index (χ4v) is 6.22. The molecule has 7 nitrogen and oxygen atoms in total. The molecule has 1 saturated heterocycles. The fraction of sp³-hybridized carbons (Fsp3) is 0.370. The van der Waals surface area contributed by atoms with Gasteiger partial charge in [-0.1, -0.05) is 49.9 Å². The standard InChI is InChI=1S/C27H31IN4O3S/c1-17(2)24(31(3)27(34)35-4)26(33)32-14-8-11-22(32)25-29-16-21(30-25)18-12-13-20(28)23(15-18)36-19-9-6-5-7-10-19/h5-7,9-10,12-13,15-17,22,24H,8,11,14H2,1-4H3,(H,29,30)/t22-,24-/m0/s1. The van der Waals surface area contributed by atoms with Gasteiger partial charge in [-0.3, -0.25) is 9.69 Å². The SMILES string of the molecule is COC(=O)N(C)[C@H](C(=O)N1CCC[C@H]1c1ncc(-c2ccc(I)c(Sc3ccccc3)c2)[nH]1)C(C)C. The molecule has 0 saturated carbocycles. The van der Waals surface area contributed by atoms with Crippen molar-refractivity contribution >= 4 is 46.4 Å². The van der Waals surface area contributed by atoms with Crippen LogP contribution in [0.5, 0.6) is 0 Å². The largest absolute Gasteiger partial charge is 0.453 e. The van der Waals surface area contributed by atoms with Crippen molar-refractivity contribution in [2.75, 3.05) is 20.7 Å². The minimum atomic E-state index is -0.596. The molecular formula is C27H31IN4O3S. The first-order valence-corrected chi connectivity index (χ1v) is 13.9. The number of imidazole rings is 1. The summed E-state index contributed by atoms with van der Waals surface area (Å²) in [6.07, 6.45) is 3.05. The zero-order chi connectivity index (χ0) is 25.8. The first-order valence-electron chi connectivity index (χ1n) is 12.0. The van der Waals surface area contributed by atoms with Crippen molar-refractivity contribution in [2.45, 2.75) is 48.6 Å². The molecule has 2 aromatic carbocycles. The Hall–Kier alpha value is -2.53. The van der Waals surface area contributed by atoms with Crippen molar-refractivity contribution in [3.05, 3.63) is 64.1 Å². The summed E-state index contributed by atoms with van der Waals surface area (Å²) in [5.74, 6) is 0.645. The van der Waals surface area contributed by atoms with Crippen molar-refractivity contribution in [2.24, 2.45) is 5.92 Å². The normalized spacial score (nSPS) is 16.3. The minimum absolute atomic E-state index is 0.0534. The smallest absolute Gasteiger partial charge is 0.409 e. The van der Waals surface area contributed by atoms with E-state index in [-0.39, 0.29) is 17.9 Å². The quantitative estimate of drug-likeness (QED) is 0.319. The number of aromatic nitrogens is 2. The molecule has 0 unspecified atom stereocenters. The predicted octanol–water partition coefficient (Wildman–Crippen LogP) is 6.22. The molecular weight excluding hydrogens is 587 g/mol. The van der Waals surface area contributed by atoms with Gasteiger partial charge < -0.3 is 14.6 Å². The average molecular weight is 619 g/mol. The maximum atomic E-state index is 13.6. The number of ether oxygens (including phenoxy) is 1. The molecule has 0 radical (unpaired) electrons. The van der Waals surface area contributed by atoms with Gasteiger partial charge in [-0.25, -0.2) is 9.78 Å². The molecule has 2 heterocycles. The summed E-state index contributed by atoms with van der Waals surface area (Å²) in [5.41, 5.74) is 1.97. The number of carbonyl (C=O) groups excluding carboxylic acids is 2. The van der Waals surface area contributed by atoms with Gasteiger partial charge in [0.2, 0.25) is 5.91 Å². The first-order chi connectivity index (χ1) is 17.3. The highest BCUT2D eigenvalue weighted by molar-refractivity contribution is 14.1. The molecule has 0 aliphatic carbocycles. The second-order valence-electron chi connectivity index (χ2n) is 9.20. The zero-order valence-corrected chi connectivity index (χ0v) is 23.9. The molecule has 0 bridgehead atoms. The van der Waals surface area contributed by atoms with Crippen LogP contribution in [0, 0.1) is 9.49 Å². The van der Waals surface area contributed by atoms with E-state index < -0.39 is 12.1 Å². The van der Waals surface area contributed by atoms with E-state index in [1.165, 1.54) is 25.4 Å². The highest BCUT2D eigenvalue weighted by atomic mass is 127. The number of rotatable bonds is 7. The Morgan fingerprint density at radius 2 is 1.97 bits per heavy atom. The Morgan fingerprint density at radius 3 is 2.67 bits per heavy atom. The molecule has 190 valence electrons. The summed E-state index contributed by atoms with van der Waals surface area (Å²) < 4.78 is 6.06. The van der Waals surface area contributed by atoms with E-state index in [4.69, 9.17) is 4.74 Å². The van der Waals surface area contributed by atoms with Crippen molar-refractivity contribution in [3.63, 3.8) is 0 Å². The summed E-state index contributed by atoms with van der Waals surface area (Å²) in [4.78, 5) is 39.5. The lowest BCUT2D eigenvalue weighted by Crippen LogP contribution is -2.51. The third kappa shape index (κ3) is 5.72. The maximum absolute atomic E-state index is 13.6. The van der Waals surface area contributed by atoms with Crippen LogP contribution in [0.15, 0.2) is 64.5 Å². The molecule has 0 spiro atoms. The number of nitrogens with zero attached hydrogens (tertiary/aromatic N) is 3. The number of carbonyl (C=O) groups is 2. The highest BCUT2D eigenvalue weighted by Crippen LogP contribution is 2.36. The van der Waals surface area contributed by atoms with Crippen LogP contribution in [0.2, 0.25) is 0 Å². The molecule has 2 amide bonds. The van der Waals surface area contributed by atoms with Gasteiger partial charge in [0, 0.05) is 32.5 Å². The predicted molar refractivity (Wildman–Crippen MR) is 150 cm³/mol. The minimum Gasteiger partial charge on any atom is -0.453 e. The van der Waals surface area contributed by atoms with E-state index in [2.05, 4.69) is 62.9 Å². The Kier molecular flexibility index (Phi) is 8.61. The third-order valence-electron chi connectivity index (χ3n) is 6.42. The van der Waals surface area contributed by atoms with Crippen LogP contribution in [0.1, 0.15) is 38.6 Å². The summed E-state index contributed by atoms with van der Waals surface area (Å²) in [7, 11) is 2.95. The van der Waals surface area contributed by atoms with Gasteiger partial charge in [0.1, 0.15) is 11.9 Å². The lowest BCUT2D eigenvalue weighted by molar-refractivity contribution is -0.138. The highest BCUT2D eigenvalue weighted by Gasteiger charge is 2.39. The van der Waals surface area contributed by atoms with Crippen LogP contribution >= 0.6 is 34.4 Å². The summed E-state index contributed by atoms with van der Waals surface area (Å²) in [5, 5.41) is 0. The number of amides is 2. The van der Waals surface area contributed by atoms with Crippen LogP contribution in [-0.2, 0) is 9.53 Å². The number of likely N-dealkylation sites (N-methyl/N-ethyl adjacent to an activating group) is 1. The molecule has 4 rings (SSSR count). The number of hydrogen-bond acceptors (Lipinski definition) is 5. The van der Waals surface area contributed by atoms with Crippen molar-refractivity contribution < 1.29 is 14.3 Å². The van der Waals surface area contributed by atoms with Gasteiger partial charge in [0.15, 0.2) is 0 Å². The average Bonchev–Trinajstić information content (AvgIpc) is 3.55. The van der Waals surface area contributed by atoms with Crippen molar-refractivity contribution in [1.29, 1.82) is 0 Å². The van der Waals surface area contributed by atoms with Crippen LogP contribution in [0.25, 0.3) is 11.3 Å². The van der Waals surface area contributed by atoms with E-state index in [1.807, 2.05) is 43.1 Å². The Balaban J connectivity index is 1.56. The van der Waals surface area contributed by atoms with E-state index >= 15 is 0 Å². The summed E-state index contributed by atoms with van der Waals surface area (Å²) >= 11 is 4.10. The molecule has 1 aliphatic heterocycles. The number of benzene rings is 2. The molecule has 36 heavy (non-hydrogen) atoms. The molecule has 1 aromatic heterocycles. The maximum Gasteiger partial charge on any atom is 0.409 e. The number of methoxy groups -OCH3 is 1. The van der Waals surface area contributed by atoms with Crippen LogP contribution in [0.3, 0.4) is 0 Å². The van der Waals surface area contributed by atoms with Gasteiger partial charge in [-0.15, -0.1) is 0 Å². The Labute approximate surface area is 230 Å². The summed E-state index contributed by atoms with van der Waals surface area (Å²) in [6, 6.07) is 15.9. The van der Waals surface area contributed by atoms with Crippen molar-refractivity contribution in [1.82, 2.24) is 19.8 Å². The summed E-state index contributed by atoms with van der Waals surface area (Å²) in [6.45, 7) is 4.53. The van der Waals surface area contributed by atoms with Crippen LogP contribution in [0.4, 0.5) is 4.79 Å². The van der Waals surface area contributed by atoms with Gasteiger partial charge >= 0.3 is 6.09 Å². The van der Waals surface area contributed by atoms with E-state index in [0.717, 1.165) is 29.9 Å². The van der Waals surface area contributed by atoms with Crippen LogP contribution < -0.4 is 0 Å². The lowest BCUT2D eigenvalue weighted by atomic mass is 10.0. The molecule has 1 N–H and O–H groups in total. The molecule has 3 aromatic rings. The van der Waals surface area contributed by atoms with Crippen molar-refractivity contribution in [3.8, 4) is 11.3 Å². The molecule has 9 heteroatoms. The van der Waals surface area contributed by atoms with Gasteiger partial charge in [0.05, 0.1) is 25.0 Å².